The Morgan fingerprint density at radius 3 is 2.67 bits per heavy atom. The molecular weight excluding hydrogens is 230 g/mol. The maximum Gasteiger partial charge on any atom is 0.322 e. The standard InChI is InChI=1S/C14H25NO3/c1-10(14(17)18-2)15-9-5-7-12(15)11-6-3-4-8-13(11)16/h10-13,16H,3-9H2,1-2H3. The molecule has 4 atom stereocenters. The summed E-state index contributed by atoms with van der Waals surface area (Å²) < 4.78 is 4.84. The number of hydrogen-bond acceptors (Lipinski definition) is 4. The number of nitrogens with zero attached hydrogens (tertiary/aromatic N) is 1. The summed E-state index contributed by atoms with van der Waals surface area (Å²) in [4.78, 5) is 13.9. The second-order valence-electron chi connectivity index (χ2n) is 5.66. The Morgan fingerprint density at radius 1 is 1.28 bits per heavy atom. The third-order valence-corrected chi connectivity index (χ3v) is 4.66. The van der Waals surface area contributed by atoms with Crippen molar-refractivity contribution in [2.24, 2.45) is 5.92 Å². The Labute approximate surface area is 109 Å². The second kappa shape index (κ2) is 6.02. The summed E-state index contributed by atoms with van der Waals surface area (Å²) in [6, 6.07) is 0.172. The van der Waals surface area contributed by atoms with Gasteiger partial charge in [0.15, 0.2) is 0 Å². The van der Waals surface area contributed by atoms with Crippen LogP contribution in [-0.2, 0) is 9.53 Å². The molecule has 1 aliphatic carbocycles. The average molecular weight is 255 g/mol. The third kappa shape index (κ3) is 2.69. The number of hydrogen-bond donors (Lipinski definition) is 1. The Kier molecular flexibility index (Phi) is 4.62. The molecule has 0 aromatic rings. The van der Waals surface area contributed by atoms with Gasteiger partial charge in [0, 0.05) is 12.0 Å². The van der Waals surface area contributed by atoms with Gasteiger partial charge in [-0.1, -0.05) is 12.8 Å². The van der Waals surface area contributed by atoms with E-state index in [-0.39, 0.29) is 18.1 Å². The van der Waals surface area contributed by atoms with Gasteiger partial charge in [0.25, 0.3) is 0 Å². The van der Waals surface area contributed by atoms with Crippen LogP contribution in [-0.4, -0.2) is 47.8 Å². The fourth-order valence-corrected chi connectivity index (χ4v) is 3.65. The monoisotopic (exact) mass is 255 g/mol. The van der Waals surface area contributed by atoms with E-state index < -0.39 is 0 Å². The first-order chi connectivity index (χ1) is 8.65. The molecule has 1 N–H and O–H groups in total. The smallest absolute Gasteiger partial charge is 0.322 e. The van der Waals surface area contributed by atoms with E-state index in [1.165, 1.54) is 13.5 Å². The normalized spacial score (nSPS) is 35.4. The van der Waals surface area contributed by atoms with Crippen LogP contribution in [0.2, 0.25) is 0 Å². The summed E-state index contributed by atoms with van der Waals surface area (Å²) in [5, 5.41) is 10.2. The topological polar surface area (TPSA) is 49.8 Å². The van der Waals surface area contributed by atoms with Crippen molar-refractivity contribution in [2.45, 2.75) is 63.6 Å². The molecule has 104 valence electrons. The molecule has 0 aromatic heterocycles. The fraction of sp³-hybridized carbons (Fsp3) is 0.929. The van der Waals surface area contributed by atoms with Crippen LogP contribution in [0.5, 0.6) is 0 Å². The van der Waals surface area contributed by atoms with Crippen LogP contribution in [0.15, 0.2) is 0 Å². The highest BCUT2D eigenvalue weighted by atomic mass is 16.5. The van der Waals surface area contributed by atoms with Crippen LogP contribution in [0.25, 0.3) is 0 Å². The van der Waals surface area contributed by atoms with Crippen molar-refractivity contribution in [2.75, 3.05) is 13.7 Å². The third-order valence-electron chi connectivity index (χ3n) is 4.66. The molecule has 18 heavy (non-hydrogen) atoms. The Hall–Kier alpha value is -0.610. The lowest BCUT2D eigenvalue weighted by molar-refractivity contribution is -0.147. The quantitative estimate of drug-likeness (QED) is 0.778. The lowest BCUT2D eigenvalue weighted by Crippen LogP contribution is -2.49. The highest BCUT2D eigenvalue weighted by Crippen LogP contribution is 2.35. The van der Waals surface area contributed by atoms with Gasteiger partial charge >= 0.3 is 5.97 Å². The SMILES string of the molecule is COC(=O)C(C)N1CCCC1C1CCCCC1O. The van der Waals surface area contributed by atoms with Crippen LogP contribution in [0.4, 0.5) is 0 Å². The zero-order chi connectivity index (χ0) is 13.1. The maximum atomic E-state index is 11.7. The first-order valence-electron chi connectivity index (χ1n) is 7.16. The van der Waals surface area contributed by atoms with Gasteiger partial charge in [0.05, 0.1) is 13.2 Å². The number of methoxy groups -OCH3 is 1. The summed E-state index contributed by atoms with van der Waals surface area (Å²) in [6.45, 7) is 2.86. The number of carbonyl (C=O) groups excluding carboxylic acids is 1. The molecule has 0 radical (unpaired) electrons. The molecule has 0 aromatic carbocycles. The van der Waals surface area contributed by atoms with E-state index in [0.717, 1.165) is 38.6 Å². The van der Waals surface area contributed by atoms with E-state index in [4.69, 9.17) is 4.74 Å². The summed E-state index contributed by atoms with van der Waals surface area (Å²) >= 11 is 0. The second-order valence-corrected chi connectivity index (χ2v) is 5.66. The number of aliphatic hydroxyl groups is 1. The molecule has 0 spiro atoms. The molecule has 2 rings (SSSR count). The van der Waals surface area contributed by atoms with Gasteiger partial charge in [-0.05, 0) is 39.2 Å². The van der Waals surface area contributed by atoms with Crippen molar-refractivity contribution in [3.63, 3.8) is 0 Å². The predicted octanol–water partition coefficient (Wildman–Crippen LogP) is 1.56. The fourth-order valence-electron chi connectivity index (χ4n) is 3.65. The van der Waals surface area contributed by atoms with Crippen molar-refractivity contribution in [3.05, 3.63) is 0 Å². The number of ether oxygens (including phenoxy) is 1. The molecule has 1 heterocycles. The maximum absolute atomic E-state index is 11.7. The van der Waals surface area contributed by atoms with Gasteiger partial charge in [-0.25, -0.2) is 0 Å². The van der Waals surface area contributed by atoms with Crippen molar-refractivity contribution >= 4 is 5.97 Å². The van der Waals surface area contributed by atoms with Gasteiger partial charge in [0.1, 0.15) is 6.04 Å². The van der Waals surface area contributed by atoms with E-state index in [0.29, 0.717) is 12.0 Å². The zero-order valence-corrected chi connectivity index (χ0v) is 11.5. The highest BCUT2D eigenvalue weighted by Gasteiger charge is 2.40. The Bertz CT molecular complexity index is 295. The molecule has 2 fully saturated rings. The van der Waals surface area contributed by atoms with Gasteiger partial charge in [-0.2, -0.15) is 0 Å². The number of aliphatic hydroxyl groups excluding tert-OH is 1. The van der Waals surface area contributed by atoms with Gasteiger partial charge < -0.3 is 9.84 Å². The Morgan fingerprint density at radius 2 is 2.00 bits per heavy atom. The van der Waals surface area contributed by atoms with Crippen LogP contribution < -0.4 is 0 Å². The van der Waals surface area contributed by atoms with Crippen molar-refractivity contribution < 1.29 is 14.6 Å². The summed E-state index contributed by atoms with van der Waals surface area (Å²) in [6.07, 6.45) is 6.39. The molecular formula is C14H25NO3. The molecule has 4 nitrogen and oxygen atoms in total. The van der Waals surface area contributed by atoms with E-state index in [9.17, 15) is 9.90 Å². The number of rotatable bonds is 3. The van der Waals surface area contributed by atoms with Gasteiger partial charge in [0.2, 0.25) is 0 Å². The van der Waals surface area contributed by atoms with Crippen LogP contribution in [0, 0.1) is 5.92 Å². The predicted molar refractivity (Wildman–Crippen MR) is 69.2 cm³/mol. The molecule has 4 unspecified atom stereocenters. The number of esters is 1. The Balaban J connectivity index is 2.04. The minimum atomic E-state index is -0.186. The van der Waals surface area contributed by atoms with Gasteiger partial charge in [-0.15, -0.1) is 0 Å². The molecule has 0 amide bonds. The minimum Gasteiger partial charge on any atom is -0.468 e. The van der Waals surface area contributed by atoms with E-state index >= 15 is 0 Å². The highest BCUT2D eigenvalue weighted by molar-refractivity contribution is 5.75. The molecule has 2 aliphatic rings. The number of likely N-dealkylation sites (tertiary alicyclic amines) is 1. The molecule has 1 aliphatic heterocycles. The lowest BCUT2D eigenvalue weighted by atomic mass is 9.80. The van der Waals surface area contributed by atoms with Crippen molar-refractivity contribution in [3.8, 4) is 0 Å². The van der Waals surface area contributed by atoms with Crippen LogP contribution in [0.3, 0.4) is 0 Å². The molecule has 1 saturated heterocycles. The van der Waals surface area contributed by atoms with Crippen molar-refractivity contribution in [1.82, 2.24) is 4.90 Å². The molecule has 4 heteroatoms. The number of carbonyl (C=O) groups is 1. The van der Waals surface area contributed by atoms with E-state index in [2.05, 4.69) is 4.90 Å². The summed E-state index contributed by atoms with van der Waals surface area (Å²) in [5.41, 5.74) is 0. The first-order valence-corrected chi connectivity index (χ1v) is 7.16. The van der Waals surface area contributed by atoms with Crippen LogP contribution >= 0.6 is 0 Å². The van der Waals surface area contributed by atoms with E-state index in [1.807, 2.05) is 6.92 Å². The van der Waals surface area contributed by atoms with Gasteiger partial charge in [-0.3, -0.25) is 9.69 Å². The summed E-state index contributed by atoms with van der Waals surface area (Å²) in [5.74, 6) is 0.181. The molecule has 0 bridgehead atoms. The first kappa shape index (κ1) is 13.8. The largest absolute Gasteiger partial charge is 0.468 e. The average Bonchev–Trinajstić information content (AvgIpc) is 2.86. The van der Waals surface area contributed by atoms with Crippen molar-refractivity contribution in [1.29, 1.82) is 0 Å². The van der Waals surface area contributed by atoms with Crippen LogP contribution in [0.1, 0.15) is 45.4 Å². The summed E-state index contributed by atoms with van der Waals surface area (Å²) in [7, 11) is 1.44. The molecule has 1 saturated carbocycles. The lowest BCUT2D eigenvalue weighted by Gasteiger charge is -2.38. The van der Waals surface area contributed by atoms with E-state index in [1.54, 1.807) is 0 Å². The zero-order valence-electron chi connectivity index (χ0n) is 11.5. The minimum absolute atomic E-state index is 0.160.